The predicted molar refractivity (Wildman–Crippen MR) is 64.4 cm³/mol. The Bertz CT molecular complexity index is 508. The third kappa shape index (κ3) is 4.02. The lowest BCUT2D eigenvalue weighted by Crippen LogP contribution is -2.46. The van der Waals surface area contributed by atoms with E-state index in [0.29, 0.717) is 5.76 Å². The van der Waals surface area contributed by atoms with Crippen LogP contribution in [0.4, 0.5) is 4.79 Å². The van der Waals surface area contributed by atoms with Crippen LogP contribution in [-0.2, 0) is 11.3 Å². The second-order valence-corrected chi connectivity index (χ2v) is 3.94. The van der Waals surface area contributed by atoms with Crippen LogP contribution in [0.15, 0.2) is 10.5 Å². The standard InChI is InChI=1S/C11H15N3O5/c1-5(9(12)15)14-11(18)13-4-7-3-8(10(16)17)6(2)19-7/h3,5H,4H2,1-2H3,(H2,12,15)(H,16,17)(H2,13,14,18). The maximum Gasteiger partial charge on any atom is 0.339 e. The molecule has 1 unspecified atom stereocenters. The number of primary amides is 1. The molecule has 0 radical (unpaired) electrons. The molecule has 5 N–H and O–H groups in total. The van der Waals surface area contributed by atoms with Gasteiger partial charge in [-0.2, -0.15) is 0 Å². The Morgan fingerprint density at radius 1 is 1.47 bits per heavy atom. The number of aromatic carboxylic acids is 1. The van der Waals surface area contributed by atoms with Crippen molar-refractivity contribution < 1.29 is 23.9 Å². The van der Waals surface area contributed by atoms with Crippen molar-refractivity contribution in [3.05, 3.63) is 23.2 Å². The summed E-state index contributed by atoms with van der Waals surface area (Å²) in [5, 5.41) is 13.6. The predicted octanol–water partition coefficient (Wildman–Crippen LogP) is -0.0408. The molecule has 0 bridgehead atoms. The first kappa shape index (κ1) is 14.6. The van der Waals surface area contributed by atoms with E-state index in [1.165, 1.54) is 19.9 Å². The van der Waals surface area contributed by atoms with E-state index in [-0.39, 0.29) is 17.9 Å². The molecule has 0 aromatic carbocycles. The lowest BCUT2D eigenvalue weighted by Gasteiger charge is -2.10. The van der Waals surface area contributed by atoms with Crippen molar-refractivity contribution in [2.24, 2.45) is 5.73 Å². The van der Waals surface area contributed by atoms with Crippen LogP contribution < -0.4 is 16.4 Å². The third-order valence-electron chi connectivity index (χ3n) is 2.40. The normalized spacial score (nSPS) is 11.7. The highest BCUT2D eigenvalue weighted by Gasteiger charge is 2.15. The van der Waals surface area contributed by atoms with Gasteiger partial charge in [0.1, 0.15) is 23.1 Å². The number of aryl methyl sites for hydroxylation is 1. The Labute approximate surface area is 108 Å². The summed E-state index contributed by atoms with van der Waals surface area (Å²) in [6, 6.07) is -0.0692. The van der Waals surface area contributed by atoms with Crippen molar-refractivity contribution in [2.45, 2.75) is 26.4 Å². The van der Waals surface area contributed by atoms with Crippen LogP contribution in [0.25, 0.3) is 0 Å². The summed E-state index contributed by atoms with van der Waals surface area (Å²) in [7, 11) is 0. The van der Waals surface area contributed by atoms with Gasteiger partial charge in [0.05, 0.1) is 6.54 Å². The fourth-order valence-corrected chi connectivity index (χ4v) is 1.33. The maximum absolute atomic E-state index is 11.4. The van der Waals surface area contributed by atoms with Gasteiger partial charge in [-0.1, -0.05) is 0 Å². The highest BCUT2D eigenvalue weighted by molar-refractivity contribution is 5.89. The van der Waals surface area contributed by atoms with Crippen LogP contribution in [0.2, 0.25) is 0 Å². The van der Waals surface area contributed by atoms with Crippen LogP contribution in [0.3, 0.4) is 0 Å². The minimum Gasteiger partial charge on any atom is -0.478 e. The third-order valence-corrected chi connectivity index (χ3v) is 2.40. The van der Waals surface area contributed by atoms with Crippen molar-refractivity contribution in [1.29, 1.82) is 0 Å². The Hall–Kier alpha value is -2.51. The van der Waals surface area contributed by atoms with Crippen LogP contribution in [0, 0.1) is 6.92 Å². The number of rotatable bonds is 5. The molecule has 1 aromatic rings. The summed E-state index contributed by atoms with van der Waals surface area (Å²) in [5.41, 5.74) is 5.03. The molecule has 0 aliphatic carbocycles. The van der Waals surface area contributed by atoms with Gasteiger partial charge in [-0.3, -0.25) is 4.79 Å². The summed E-state index contributed by atoms with van der Waals surface area (Å²) in [6.45, 7) is 2.97. The molecule has 0 saturated carbocycles. The average molecular weight is 269 g/mol. The molecule has 0 fully saturated rings. The first-order valence-electron chi connectivity index (χ1n) is 5.47. The lowest BCUT2D eigenvalue weighted by atomic mass is 10.2. The molecule has 1 aromatic heterocycles. The second-order valence-electron chi connectivity index (χ2n) is 3.94. The number of hydrogen-bond acceptors (Lipinski definition) is 4. The van der Waals surface area contributed by atoms with Crippen molar-refractivity contribution in [3.63, 3.8) is 0 Å². The van der Waals surface area contributed by atoms with Crippen molar-refractivity contribution >= 4 is 17.9 Å². The molecular weight excluding hydrogens is 254 g/mol. The summed E-state index contributed by atoms with van der Waals surface area (Å²) in [5.74, 6) is -1.19. The summed E-state index contributed by atoms with van der Waals surface area (Å²) in [4.78, 5) is 32.9. The number of urea groups is 1. The molecule has 1 rings (SSSR count). The Morgan fingerprint density at radius 2 is 2.11 bits per heavy atom. The lowest BCUT2D eigenvalue weighted by molar-refractivity contribution is -0.119. The summed E-state index contributed by atoms with van der Waals surface area (Å²) >= 11 is 0. The molecule has 8 nitrogen and oxygen atoms in total. The van der Waals surface area contributed by atoms with E-state index in [9.17, 15) is 14.4 Å². The fourth-order valence-electron chi connectivity index (χ4n) is 1.33. The number of carboxylic acids is 1. The second kappa shape index (κ2) is 5.89. The smallest absolute Gasteiger partial charge is 0.339 e. The number of nitrogens with one attached hydrogen (secondary N) is 2. The van der Waals surface area contributed by atoms with Crippen LogP contribution in [-0.4, -0.2) is 29.1 Å². The van der Waals surface area contributed by atoms with E-state index in [1.807, 2.05) is 0 Å². The van der Waals surface area contributed by atoms with E-state index in [1.54, 1.807) is 0 Å². The molecule has 1 heterocycles. The fraction of sp³-hybridized carbons (Fsp3) is 0.364. The number of carbonyl (C=O) groups excluding carboxylic acids is 2. The first-order valence-corrected chi connectivity index (χ1v) is 5.47. The molecule has 104 valence electrons. The molecule has 8 heteroatoms. The number of nitrogens with two attached hydrogens (primary N) is 1. The molecule has 19 heavy (non-hydrogen) atoms. The zero-order valence-corrected chi connectivity index (χ0v) is 10.5. The Balaban J connectivity index is 2.53. The number of carboxylic acid groups (broad SMARTS) is 1. The van der Waals surface area contributed by atoms with Crippen LogP contribution in [0.1, 0.15) is 28.8 Å². The van der Waals surface area contributed by atoms with Gasteiger partial charge in [-0.25, -0.2) is 9.59 Å². The molecule has 0 aliphatic rings. The van der Waals surface area contributed by atoms with Gasteiger partial charge in [0, 0.05) is 0 Å². The molecular formula is C11H15N3O5. The maximum atomic E-state index is 11.4. The minimum atomic E-state index is -1.10. The number of hydrogen-bond donors (Lipinski definition) is 4. The van der Waals surface area contributed by atoms with Crippen molar-refractivity contribution in [1.82, 2.24) is 10.6 Å². The van der Waals surface area contributed by atoms with E-state index >= 15 is 0 Å². The minimum absolute atomic E-state index is 0.00539. The SMILES string of the molecule is Cc1oc(CNC(=O)NC(C)C(N)=O)cc1C(=O)O. The van der Waals surface area contributed by atoms with Gasteiger partial charge < -0.3 is 25.9 Å². The molecule has 0 spiro atoms. The average Bonchev–Trinajstić information content (AvgIpc) is 2.68. The Morgan fingerprint density at radius 3 is 2.58 bits per heavy atom. The largest absolute Gasteiger partial charge is 0.478 e. The van der Waals surface area contributed by atoms with Gasteiger partial charge in [0.15, 0.2) is 0 Å². The molecule has 0 aliphatic heterocycles. The van der Waals surface area contributed by atoms with Crippen LogP contribution >= 0.6 is 0 Å². The number of amides is 3. The van der Waals surface area contributed by atoms with E-state index < -0.39 is 23.9 Å². The van der Waals surface area contributed by atoms with Crippen molar-refractivity contribution in [3.8, 4) is 0 Å². The van der Waals surface area contributed by atoms with E-state index in [0.717, 1.165) is 0 Å². The topological polar surface area (TPSA) is 135 Å². The van der Waals surface area contributed by atoms with Gasteiger partial charge in [-0.05, 0) is 19.9 Å². The molecule has 0 saturated heterocycles. The highest BCUT2D eigenvalue weighted by atomic mass is 16.4. The zero-order valence-electron chi connectivity index (χ0n) is 10.5. The van der Waals surface area contributed by atoms with Gasteiger partial charge in [0.25, 0.3) is 0 Å². The van der Waals surface area contributed by atoms with Gasteiger partial charge in [-0.15, -0.1) is 0 Å². The van der Waals surface area contributed by atoms with Gasteiger partial charge in [0.2, 0.25) is 5.91 Å². The van der Waals surface area contributed by atoms with Crippen LogP contribution in [0.5, 0.6) is 0 Å². The van der Waals surface area contributed by atoms with Crippen molar-refractivity contribution in [2.75, 3.05) is 0 Å². The van der Waals surface area contributed by atoms with Gasteiger partial charge >= 0.3 is 12.0 Å². The quantitative estimate of drug-likeness (QED) is 0.594. The monoisotopic (exact) mass is 269 g/mol. The summed E-state index contributed by atoms with van der Waals surface area (Å²) in [6.07, 6.45) is 0. The Kier molecular flexibility index (Phi) is 4.51. The summed E-state index contributed by atoms with van der Waals surface area (Å²) < 4.78 is 5.16. The first-order chi connectivity index (χ1) is 8.81. The van der Waals surface area contributed by atoms with E-state index in [4.69, 9.17) is 15.3 Å². The number of furan rings is 1. The van der Waals surface area contributed by atoms with E-state index in [2.05, 4.69) is 10.6 Å². The number of carbonyl (C=O) groups is 3. The molecule has 1 atom stereocenters. The molecule has 3 amide bonds. The highest BCUT2D eigenvalue weighted by Crippen LogP contribution is 2.14. The zero-order chi connectivity index (χ0) is 14.6.